The molecule has 0 amide bonds. The fraction of sp³-hybridized carbons (Fsp3) is 0.769. The van der Waals surface area contributed by atoms with Gasteiger partial charge >= 0.3 is 0 Å². The van der Waals surface area contributed by atoms with Gasteiger partial charge in [-0.05, 0) is 44.1 Å². The molecule has 1 aliphatic heterocycles. The molecule has 3 rings (SSSR count). The first-order valence-corrected chi connectivity index (χ1v) is 7.39. The molecule has 2 fully saturated rings. The number of piperidine rings is 1. The molecule has 1 saturated heterocycles. The van der Waals surface area contributed by atoms with Gasteiger partial charge in [0, 0.05) is 31.1 Å². The summed E-state index contributed by atoms with van der Waals surface area (Å²) in [5, 5.41) is 3.43. The van der Waals surface area contributed by atoms with Crippen LogP contribution in [0, 0.1) is 11.8 Å². The number of hydrogen-bond acceptors (Lipinski definition) is 3. The Bertz CT molecular complexity index is 319. The van der Waals surface area contributed by atoms with Gasteiger partial charge in [-0.2, -0.15) is 0 Å². The molecule has 1 saturated carbocycles. The van der Waals surface area contributed by atoms with Gasteiger partial charge in [-0.15, -0.1) is 11.3 Å². The maximum absolute atomic E-state index is 4.41. The Morgan fingerprint density at radius 2 is 2.25 bits per heavy atom. The number of aromatic nitrogens is 1. The first kappa shape index (κ1) is 10.7. The summed E-state index contributed by atoms with van der Waals surface area (Å²) in [6.07, 6.45) is 8.90. The smallest absolute Gasteiger partial charge is 0.0928 e. The summed E-state index contributed by atoms with van der Waals surface area (Å²) in [7, 11) is 0. The van der Waals surface area contributed by atoms with Gasteiger partial charge in [0.15, 0.2) is 0 Å². The van der Waals surface area contributed by atoms with Gasteiger partial charge in [-0.1, -0.05) is 0 Å². The molecule has 2 heterocycles. The van der Waals surface area contributed by atoms with Crippen LogP contribution in [0.3, 0.4) is 0 Å². The van der Waals surface area contributed by atoms with E-state index in [-0.39, 0.29) is 0 Å². The number of hydrogen-bond donors (Lipinski definition) is 0. The zero-order valence-electron chi connectivity index (χ0n) is 9.77. The topological polar surface area (TPSA) is 16.1 Å². The molecule has 0 spiro atoms. The molecule has 0 bridgehead atoms. The van der Waals surface area contributed by atoms with Crippen LogP contribution in [0.15, 0.2) is 11.6 Å². The fourth-order valence-electron chi connectivity index (χ4n) is 2.75. The second-order valence-electron chi connectivity index (χ2n) is 5.34. The minimum atomic E-state index is 0.860. The average molecular weight is 236 g/mol. The summed E-state index contributed by atoms with van der Waals surface area (Å²) >= 11 is 1.81. The number of likely N-dealkylation sites (tertiary alicyclic amines) is 1. The molecule has 0 N–H and O–H groups in total. The van der Waals surface area contributed by atoms with E-state index in [9.17, 15) is 0 Å². The van der Waals surface area contributed by atoms with Crippen LogP contribution in [-0.2, 0) is 6.42 Å². The fourth-order valence-corrected chi connectivity index (χ4v) is 3.48. The van der Waals surface area contributed by atoms with Crippen molar-refractivity contribution in [2.45, 2.75) is 32.1 Å². The highest BCUT2D eigenvalue weighted by Gasteiger charge is 2.27. The minimum absolute atomic E-state index is 0.860. The van der Waals surface area contributed by atoms with E-state index in [0.717, 1.165) is 11.8 Å². The molecule has 0 aromatic carbocycles. The summed E-state index contributed by atoms with van der Waals surface area (Å²) in [4.78, 5) is 7.10. The standard InChI is InChI=1S/C13H20N2S/c1-2-12(8-13-14-5-7-16-13)10-15(6-1)9-11-3-4-11/h5,7,11-12H,1-4,6,8-10H2. The lowest BCUT2D eigenvalue weighted by Crippen LogP contribution is -2.37. The van der Waals surface area contributed by atoms with Crippen molar-refractivity contribution in [3.8, 4) is 0 Å². The number of thiazole rings is 1. The van der Waals surface area contributed by atoms with Crippen molar-refractivity contribution in [2.75, 3.05) is 19.6 Å². The maximum atomic E-state index is 4.41. The van der Waals surface area contributed by atoms with Crippen LogP contribution >= 0.6 is 11.3 Å². The number of rotatable bonds is 4. The molecule has 1 aromatic rings. The lowest BCUT2D eigenvalue weighted by atomic mass is 9.95. The van der Waals surface area contributed by atoms with Crippen LogP contribution < -0.4 is 0 Å². The first-order chi connectivity index (χ1) is 7.90. The summed E-state index contributed by atoms with van der Waals surface area (Å²) in [5.74, 6) is 1.90. The second kappa shape index (κ2) is 4.84. The van der Waals surface area contributed by atoms with E-state index in [2.05, 4.69) is 15.3 Å². The van der Waals surface area contributed by atoms with Crippen molar-refractivity contribution in [1.82, 2.24) is 9.88 Å². The summed E-state index contributed by atoms with van der Waals surface area (Å²) < 4.78 is 0. The molecule has 0 radical (unpaired) electrons. The van der Waals surface area contributed by atoms with Crippen LogP contribution in [0.25, 0.3) is 0 Å². The highest BCUT2D eigenvalue weighted by Crippen LogP contribution is 2.31. The van der Waals surface area contributed by atoms with E-state index in [0.29, 0.717) is 0 Å². The Balaban J connectivity index is 1.51. The van der Waals surface area contributed by atoms with E-state index in [1.165, 1.54) is 56.7 Å². The molecule has 16 heavy (non-hydrogen) atoms. The third-order valence-electron chi connectivity index (χ3n) is 3.76. The van der Waals surface area contributed by atoms with Gasteiger partial charge in [0.25, 0.3) is 0 Å². The van der Waals surface area contributed by atoms with Gasteiger partial charge in [0.2, 0.25) is 0 Å². The van der Waals surface area contributed by atoms with E-state index in [1.807, 2.05) is 17.5 Å². The van der Waals surface area contributed by atoms with Crippen LogP contribution in [0.5, 0.6) is 0 Å². The van der Waals surface area contributed by atoms with E-state index in [4.69, 9.17) is 0 Å². The normalized spacial score (nSPS) is 27.1. The quantitative estimate of drug-likeness (QED) is 0.799. The molecule has 2 aliphatic rings. The molecule has 1 aliphatic carbocycles. The van der Waals surface area contributed by atoms with Crippen LogP contribution in [0.1, 0.15) is 30.7 Å². The van der Waals surface area contributed by atoms with E-state index in [1.54, 1.807) is 0 Å². The Morgan fingerprint density at radius 1 is 1.31 bits per heavy atom. The Morgan fingerprint density at radius 3 is 3.00 bits per heavy atom. The van der Waals surface area contributed by atoms with Crippen molar-refractivity contribution in [1.29, 1.82) is 0 Å². The third kappa shape index (κ3) is 2.83. The van der Waals surface area contributed by atoms with Crippen LogP contribution in [-0.4, -0.2) is 29.5 Å². The lowest BCUT2D eigenvalue weighted by Gasteiger charge is -2.32. The zero-order chi connectivity index (χ0) is 10.8. The summed E-state index contributed by atoms with van der Waals surface area (Å²) in [6, 6.07) is 0. The highest BCUT2D eigenvalue weighted by molar-refractivity contribution is 7.09. The Labute approximate surface area is 102 Å². The van der Waals surface area contributed by atoms with Crippen molar-refractivity contribution < 1.29 is 0 Å². The van der Waals surface area contributed by atoms with Crippen LogP contribution in [0.2, 0.25) is 0 Å². The van der Waals surface area contributed by atoms with Crippen LogP contribution in [0.4, 0.5) is 0 Å². The van der Waals surface area contributed by atoms with Gasteiger partial charge in [-0.3, -0.25) is 0 Å². The second-order valence-corrected chi connectivity index (χ2v) is 6.32. The van der Waals surface area contributed by atoms with Gasteiger partial charge in [-0.25, -0.2) is 4.98 Å². The molecular formula is C13H20N2S. The molecular weight excluding hydrogens is 216 g/mol. The number of nitrogens with zero attached hydrogens (tertiary/aromatic N) is 2. The van der Waals surface area contributed by atoms with E-state index < -0.39 is 0 Å². The van der Waals surface area contributed by atoms with Crippen molar-refractivity contribution in [3.05, 3.63) is 16.6 Å². The van der Waals surface area contributed by atoms with Gasteiger partial charge < -0.3 is 4.90 Å². The maximum Gasteiger partial charge on any atom is 0.0928 e. The predicted molar refractivity (Wildman–Crippen MR) is 67.7 cm³/mol. The average Bonchev–Trinajstić information content (AvgIpc) is 2.94. The first-order valence-electron chi connectivity index (χ1n) is 6.51. The molecule has 1 atom stereocenters. The SMILES string of the molecule is c1csc(CC2CCCN(CC3CC3)C2)n1. The highest BCUT2D eigenvalue weighted by atomic mass is 32.1. The van der Waals surface area contributed by atoms with Crippen molar-refractivity contribution >= 4 is 11.3 Å². The third-order valence-corrected chi connectivity index (χ3v) is 4.57. The van der Waals surface area contributed by atoms with Gasteiger partial charge in [0.1, 0.15) is 0 Å². The van der Waals surface area contributed by atoms with Gasteiger partial charge in [0.05, 0.1) is 5.01 Å². The predicted octanol–water partition coefficient (Wildman–Crippen LogP) is 2.81. The molecule has 1 unspecified atom stereocenters. The molecule has 2 nitrogen and oxygen atoms in total. The monoisotopic (exact) mass is 236 g/mol. The van der Waals surface area contributed by atoms with E-state index >= 15 is 0 Å². The van der Waals surface area contributed by atoms with Crippen molar-refractivity contribution in [3.63, 3.8) is 0 Å². The molecule has 88 valence electrons. The van der Waals surface area contributed by atoms with Crippen molar-refractivity contribution in [2.24, 2.45) is 11.8 Å². The molecule has 1 aromatic heterocycles. The summed E-state index contributed by atoms with van der Waals surface area (Å²) in [5.41, 5.74) is 0. The molecule has 3 heteroatoms. The Kier molecular flexibility index (Phi) is 3.25. The Hall–Kier alpha value is -0.410. The zero-order valence-corrected chi connectivity index (χ0v) is 10.6. The summed E-state index contributed by atoms with van der Waals surface area (Å²) in [6.45, 7) is 4.02. The lowest BCUT2D eigenvalue weighted by molar-refractivity contribution is 0.168. The largest absolute Gasteiger partial charge is 0.303 e. The minimum Gasteiger partial charge on any atom is -0.303 e.